The Kier molecular flexibility index (Phi) is 5.07. The van der Waals surface area contributed by atoms with Crippen LogP contribution in [0, 0.1) is 5.41 Å². The number of halogens is 2. The minimum absolute atomic E-state index is 0.0775. The number of allylic oxidation sites excluding steroid dienone is 1. The number of hydrogen-bond donors (Lipinski definition) is 2. The van der Waals surface area contributed by atoms with Gasteiger partial charge in [-0.2, -0.15) is 0 Å². The third-order valence-electron chi connectivity index (χ3n) is 0.753. The van der Waals surface area contributed by atoms with Crippen LogP contribution < -0.4 is 5.32 Å². The maximum atomic E-state index is 6.99. The Morgan fingerprint density at radius 2 is 2.20 bits per heavy atom. The average Bonchev–Trinajstić information content (AvgIpc) is 1.82. The van der Waals surface area contributed by atoms with Gasteiger partial charge in [0.05, 0.1) is 3.58 Å². The molecule has 0 saturated heterocycles. The van der Waals surface area contributed by atoms with E-state index >= 15 is 0 Å². The van der Waals surface area contributed by atoms with Crippen LogP contribution in [0.1, 0.15) is 13.8 Å². The van der Waals surface area contributed by atoms with E-state index in [1.54, 1.807) is 6.20 Å². The van der Waals surface area contributed by atoms with E-state index in [0.717, 1.165) is 3.58 Å². The molecule has 0 heterocycles. The zero-order valence-corrected chi connectivity index (χ0v) is 8.82. The summed E-state index contributed by atoms with van der Waals surface area (Å²) in [7, 11) is 0. The zero-order valence-electron chi connectivity index (χ0n) is 5.91. The fourth-order valence-electron chi connectivity index (χ4n) is 0.303. The molecule has 58 valence electrons. The lowest BCUT2D eigenvalue weighted by Crippen LogP contribution is -2.16. The summed E-state index contributed by atoms with van der Waals surface area (Å²) in [4.78, 5) is 0. The van der Waals surface area contributed by atoms with Gasteiger partial charge in [0.2, 0.25) is 0 Å². The van der Waals surface area contributed by atoms with Crippen molar-refractivity contribution in [3.05, 3.63) is 9.78 Å². The molecule has 0 bridgehead atoms. The van der Waals surface area contributed by atoms with Gasteiger partial charge in [0.25, 0.3) is 0 Å². The fourth-order valence-corrected chi connectivity index (χ4v) is 0.538. The summed E-state index contributed by atoms with van der Waals surface area (Å²) in [6.07, 6.45) is 1.74. The van der Waals surface area contributed by atoms with E-state index in [-0.39, 0.29) is 5.17 Å². The second-order valence-corrected chi connectivity index (χ2v) is 3.67. The normalized spacial score (nSPS) is 11.9. The fraction of sp³-hybridized carbons (Fsp3) is 0.500. The minimum Gasteiger partial charge on any atom is -0.388 e. The molecule has 0 unspecified atom stereocenters. The van der Waals surface area contributed by atoms with Gasteiger partial charge in [-0.25, -0.2) is 0 Å². The third kappa shape index (κ3) is 5.05. The molecule has 0 fully saturated rings. The number of nitrogens with one attached hydrogen (secondary N) is 2. The molecule has 4 heteroatoms. The first-order chi connectivity index (χ1) is 4.54. The van der Waals surface area contributed by atoms with Gasteiger partial charge >= 0.3 is 0 Å². The molecule has 2 N–H and O–H groups in total. The van der Waals surface area contributed by atoms with Crippen LogP contribution in [0.15, 0.2) is 9.78 Å². The van der Waals surface area contributed by atoms with E-state index in [9.17, 15) is 0 Å². The number of hydrogen-bond acceptors (Lipinski definition) is 2. The molecule has 0 aliphatic heterocycles. The Balaban J connectivity index is 3.81. The van der Waals surface area contributed by atoms with Gasteiger partial charge in [0.15, 0.2) is 0 Å². The van der Waals surface area contributed by atoms with Crippen molar-refractivity contribution in [3.8, 4) is 0 Å². The van der Waals surface area contributed by atoms with Crippen molar-refractivity contribution in [2.24, 2.45) is 0 Å². The van der Waals surface area contributed by atoms with Gasteiger partial charge in [0.1, 0.15) is 5.17 Å². The standard InChI is InChI=1S/C6H10ClIN2/c1-4(2)10-3-5(8)6(7)9/h3-4,9-10H,1-2H3/b5-3+,9-6?. The highest BCUT2D eigenvalue weighted by atomic mass is 127. The third-order valence-corrected chi connectivity index (χ3v) is 2.13. The molecule has 0 atom stereocenters. The van der Waals surface area contributed by atoms with Crippen molar-refractivity contribution in [1.29, 1.82) is 5.41 Å². The lowest BCUT2D eigenvalue weighted by Gasteiger charge is -2.03. The van der Waals surface area contributed by atoms with Crippen molar-refractivity contribution in [1.82, 2.24) is 5.32 Å². The minimum atomic E-state index is 0.0775. The SMILES string of the molecule is CC(C)N/C=C(/I)C(=N)Cl. The maximum Gasteiger partial charge on any atom is 0.135 e. The van der Waals surface area contributed by atoms with Crippen LogP contribution in [0.2, 0.25) is 0 Å². The highest BCUT2D eigenvalue weighted by Gasteiger charge is 1.95. The van der Waals surface area contributed by atoms with Crippen LogP contribution in [0.25, 0.3) is 0 Å². The summed E-state index contributed by atoms with van der Waals surface area (Å²) >= 11 is 7.39. The second kappa shape index (κ2) is 4.96. The first-order valence-electron chi connectivity index (χ1n) is 2.90. The highest BCUT2D eigenvalue weighted by Crippen LogP contribution is 2.08. The van der Waals surface area contributed by atoms with E-state index < -0.39 is 0 Å². The van der Waals surface area contributed by atoms with E-state index in [1.807, 2.05) is 36.4 Å². The Labute approximate surface area is 79.7 Å². The highest BCUT2D eigenvalue weighted by molar-refractivity contribution is 14.1. The van der Waals surface area contributed by atoms with E-state index in [0.29, 0.717) is 6.04 Å². The van der Waals surface area contributed by atoms with Crippen molar-refractivity contribution >= 4 is 39.4 Å². The second-order valence-electron chi connectivity index (χ2n) is 2.13. The van der Waals surface area contributed by atoms with E-state index in [2.05, 4.69) is 5.32 Å². The molecule has 0 aromatic rings. The Bertz CT molecular complexity index is 154. The van der Waals surface area contributed by atoms with Crippen LogP contribution in [0.5, 0.6) is 0 Å². The van der Waals surface area contributed by atoms with Crippen LogP contribution in [-0.4, -0.2) is 11.2 Å². The monoisotopic (exact) mass is 272 g/mol. The molecule has 0 aromatic heterocycles. The van der Waals surface area contributed by atoms with Crippen LogP contribution in [0.3, 0.4) is 0 Å². The van der Waals surface area contributed by atoms with E-state index in [4.69, 9.17) is 17.0 Å². The largest absolute Gasteiger partial charge is 0.388 e. The van der Waals surface area contributed by atoms with Crippen molar-refractivity contribution < 1.29 is 0 Å². The molecule has 0 rings (SSSR count). The van der Waals surface area contributed by atoms with Crippen molar-refractivity contribution in [2.45, 2.75) is 19.9 Å². The summed E-state index contributed by atoms with van der Waals surface area (Å²) in [6, 6.07) is 0.390. The smallest absolute Gasteiger partial charge is 0.135 e. The Hall–Kier alpha value is 0.230. The predicted molar refractivity (Wildman–Crippen MR) is 54.0 cm³/mol. The van der Waals surface area contributed by atoms with Crippen LogP contribution in [0.4, 0.5) is 0 Å². The quantitative estimate of drug-likeness (QED) is 0.601. The first-order valence-corrected chi connectivity index (χ1v) is 4.36. The summed E-state index contributed by atoms with van der Waals surface area (Å²) < 4.78 is 0.730. The molecular weight excluding hydrogens is 262 g/mol. The molecule has 0 aliphatic rings. The molecule has 0 amide bonds. The molecule has 10 heavy (non-hydrogen) atoms. The van der Waals surface area contributed by atoms with Crippen molar-refractivity contribution in [3.63, 3.8) is 0 Å². The van der Waals surface area contributed by atoms with Gasteiger partial charge in [0, 0.05) is 12.2 Å². The lowest BCUT2D eigenvalue weighted by molar-refractivity contribution is 0.703. The predicted octanol–water partition coefficient (Wildman–Crippen LogP) is 2.48. The van der Waals surface area contributed by atoms with Gasteiger partial charge in [-0.1, -0.05) is 11.6 Å². The summed E-state index contributed by atoms with van der Waals surface area (Å²) in [5.74, 6) is 0. The van der Waals surface area contributed by atoms with Crippen molar-refractivity contribution in [2.75, 3.05) is 0 Å². The topological polar surface area (TPSA) is 35.9 Å². The molecule has 0 spiro atoms. The molecule has 0 aliphatic carbocycles. The number of rotatable bonds is 3. The Morgan fingerprint density at radius 3 is 2.50 bits per heavy atom. The zero-order chi connectivity index (χ0) is 8.15. The molecular formula is C6H10ClIN2. The summed E-state index contributed by atoms with van der Waals surface area (Å²) in [6.45, 7) is 4.05. The molecule has 0 aromatic carbocycles. The van der Waals surface area contributed by atoms with Crippen LogP contribution >= 0.6 is 34.2 Å². The molecule has 2 nitrogen and oxygen atoms in total. The Morgan fingerprint density at radius 1 is 1.70 bits per heavy atom. The van der Waals surface area contributed by atoms with Gasteiger partial charge in [-0.05, 0) is 36.4 Å². The summed E-state index contributed by atoms with van der Waals surface area (Å²) in [5.41, 5.74) is 0. The van der Waals surface area contributed by atoms with Crippen LogP contribution in [-0.2, 0) is 0 Å². The van der Waals surface area contributed by atoms with Gasteiger partial charge in [-0.3, -0.25) is 5.41 Å². The van der Waals surface area contributed by atoms with E-state index in [1.165, 1.54) is 0 Å². The molecule has 0 saturated carbocycles. The average molecular weight is 273 g/mol. The molecule has 0 radical (unpaired) electrons. The van der Waals surface area contributed by atoms with Gasteiger partial charge in [-0.15, -0.1) is 0 Å². The first kappa shape index (κ1) is 10.2. The summed E-state index contributed by atoms with van der Waals surface area (Å²) in [5, 5.41) is 10.1. The maximum absolute atomic E-state index is 6.99. The lowest BCUT2D eigenvalue weighted by atomic mass is 10.4. The van der Waals surface area contributed by atoms with Gasteiger partial charge < -0.3 is 5.32 Å².